The molecule has 1 heterocycles. The summed E-state index contributed by atoms with van der Waals surface area (Å²) in [5.74, 6) is 0.0410. The summed E-state index contributed by atoms with van der Waals surface area (Å²) in [6.07, 6.45) is 4.04. The lowest BCUT2D eigenvalue weighted by atomic mass is 9.67. The van der Waals surface area contributed by atoms with Crippen LogP contribution in [0.5, 0.6) is 0 Å². The molecule has 0 aromatic heterocycles. The average Bonchev–Trinajstić information content (AvgIpc) is 2.68. The standard InChI is InChI=1S/C20H26N2O5S/c23-19-14-3-1-4-15(19)12-16(11-14)20(24)21-17-5-2-6-18(13-17)28(25,26)22-7-9-27-10-8-22/h2,5-6,13-16H,1,3-4,7-12H2,(H,21,24)/t14-,15-/m1/s1. The van der Waals surface area contributed by atoms with E-state index in [0.29, 0.717) is 50.6 Å². The Bertz CT molecular complexity index is 847. The zero-order chi connectivity index (χ0) is 19.7. The Hall–Kier alpha value is -1.77. The minimum Gasteiger partial charge on any atom is -0.379 e. The lowest BCUT2D eigenvalue weighted by molar-refractivity contribution is -0.136. The largest absolute Gasteiger partial charge is 0.379 e. The molecule has 0 unspecified atom stereocenters. The molecule has 1 aliphatic heterocycles. The van der Waals surface area contributed by atoms with E-state index in [4.69, 9.17) is 4.74 Å². The summed E-state index contributed by atoms with van der Waals surface area (Å²) in [6, 6.07) is 6.40. The van der Waals surface area contributed by atoms with Crippen LogP contribution in [0.2, 0.25) is 0 Å². The summed E-state index contributed by atoms with van der Waals surface area (Å²) < 4.78 is 32.3. The van der Waals surface area contributed by atoms with Crippen molar-refractivity contribution < 1.29 is 22.7 Å². The number of carbonyl (C=O) groups is 2. The number of Topliss-reactive ketones (excluding diaryl/α,β-unsaturated/α-hetero) is 1. The fourth-order valence-electron chi connectivity index (χ4n) is 4.61. The molecule has 1 saturated heterocycles. The molecule has 2 atom stereocenters. The highest BCUT2D eigenvalue weighted by Gasteiger charge is 2.41. The van der Waals surface area contributed by atoms with Gasteiger partial charge in [0.05, 0.1) is 18.1 Å². The summed E-state index contributed by atoms with van der Waals surface area (Å²) >= 11 is 0. The maximum absolute atomic E-state index is 12.8. The van der Waals surface area contributed by atoms with Gasteiger partial charge in [0, 0.05) is 36.5 Å². The van der Waals surface area contributed by atoms with Gasteiger partial charge in [0.1, 0.15) is 5.78 Å². The van der Waals surface area contributed by atoms with Gasteiger partial charge in [-0.15, -0.1) is 0 Å². The molecule has 1 amide bonds. The third-order valence-electron chi connectivity index (χ3n) is 6.13. The van der Waals surface area contributed by atoms with Crippen LogP contribution in [0.3, 0.4) is 0 Å². The molecule has 3 aliphatic rings. The first kappa shape index (κ1) is 19.5. The van der Waals surface area contributed by atoms with Crippen LogP contribution in [0.1, 0.15) is 32.1 Å². The molecular formula is C20H26N2O5S. The molecule has 28 heavy (non-hydrogen) atoms. The van der Waals surface area contributed by atoms with Crippen LogP contribution >= 0.6 is 0 Å². The van der Waals surface area contributed by atoms with Gasteiger partial charge in [-0.25, -0.2) is 8.42 Å². The van der Waals surface area contributed by atoms with E-state index >= 15 is 0 Å². The molecule has 1 aromatic carbocycles. The Morgan fingerprint density at radius 1 is 1.11 bits per heavy atom. The van der Waals surface area contributed by atoms with Crippen molar-refractivity contribution in [2.24, 2.45) is 17.8 Å². The van der Waals surface area contributed by atoms with Crippen molar-refractivity contribution in [3.05, 3.63) is 24.3 Å². The summed E-state index contributed by atoms with van der Waals surface area (Å²) in [4.78, 5) is 25.2. The van der Waals surface area contributed by atoms with Gasteiger partial charge in [-0.2, -0.15) is 4.31 Å². The molecule has 152 valence electrons. The number of benzene rings is 1. The van der Waals surface area contributed by atoms with Gasteiger partial charge in [-0.1, -0.05) is 12.5 Å². The normalized spacial score (nSPS) is 28.7. The van der Waals surface area contributed by atoms with Gasteiger partial charge in [0.2, 0.25) is 15.9 Å². The molecular weight excluding hydrogens is 380 g/mol. The predicted octanol–water partition coefficient (Wildman–Crippen LogP) is 2.04. The number of nitrogens with zero attached hydrogens (tertiary/aromatic N) is 1. The third kappa shape index (κ3) is 3.86. The van der Waals surface area contributed by atoms with Crippen LogP contribution in [-0.4, -0.2) is 50.7 Å². The summed E-state index contributed by atoms with van der Waals surface area (Å²) in [6.45, 7) is 1.44. The van der Waals surface area contributed by atoms with Gasteiger partial charge in [0.15, 0.2) is 0 Å². The van der Waals surface area contributed by atoms with Crippen molar-refractivity contribution in [1.29, 1.82) is 0 Å². The second-order valence-electron chi connectivity index (χ2n) is 7.93. The van der Waals surface area contributed by atoms with Crippen LogP contribution in [0.15, 0.2) is 29.2 Å². The Labute approximate surface area is 165 Å². The van der Waals surface area contributed by atoms with Crippen LogP contribution < -0.4 is 5.32 Å². The maximum atomic E-state index is 12.8. The molecule has 2 aliphatic carbocycles. The number of nitrogens with one attached hydrogen (secondary N) is 1. The van der Waals surface area contributed by atoms with Gasteiger partial charge < -0.3 is 10.1 Å². The van der Waals surface area contributed by atoms with Gasteiger partial charge in [-0.3, -0.25) is 9.59 Å². The number of morpholine rings is 1. The van der Waals surface area contributed by atoms with E-state index in [9.17, 15) is 18.0 Å². The third-order valence-corrected chi connectivity index (χ3v) is 8.02. The second-order valence-corrected chi connectivity index (χ2v) is 9.87. The first-order chi connectivity index (χ1) is 13.4. The number of rotatable bonds is 4. The number of fused-ring (bicyclic) bond motifs is 2. The topological polar surface area (TPSA) is 92.8 Å². The second kappa shape index (κ2) is 7.93. The molecule has 7 nitrogen and oxygen atoms in total. The minimum absolute atomic E-state index is 0.0104. The first-order valence-electron chi connectivity index (χ1n) is 9.97. The number of amides is 1. The van der Waals surface area contributed by atoms with Crippen molar-refractivity contribution >= 4 is 27.4 Å². The lowest BCUT2D eigenvalue weighted by Gasteiger charge is -2.36. The highest BCUT2D eigenvalue weighted by Crippen LogP contribution is 2.40. The fourth-order valence-corrected chi connectivity index (χ4v) is 6.06. The van der Waals surface area contributed by atoms with Crippen LogP contribution in [0, 0.1) is 17.8 Å². The van der Waals surface area contributed by atoms with E-state index in [1.165, 1.54) is 10.4 Å². The quantitative estimate of drug-likeness (QED) is 0.826. The molecule has 2 bridgehead atoms. The smallest absolute Gasteiger partial charge is 0.243 e. The summed E-state index contributed by atoms with van der Waals surface area (Å²) in [7, 11) is -3.61. The lowest BCUT2D eigenvalue weighted by Crippen LogP contribution is -2.41. The molecule has 2 saturated carbocycles. The molecule has 3 fully saturated rings. The zero-order valence-electron chi connectivity index (χ0n) is 15.8. The van der Waals surface area contributed by atoms with Crippen molar-refractivity contribution in [1.82, 2.24) is 4.31 Å². The molecule has 1 aromatic rings. The van der Waals surface area contributed by atoms with Crippen LogP contribution in [0.4, 0.5) is 5.69 Å². The number of ketones is 1. The number of hydrogen-bond donors (Lipinski definition) is 1. The zero-order valence-corrected chi connectivity index (χ0v) is 16.6. The Morgan fingerprint density at radius 2 is 1.79 bits per heavy atom. The maximum Gasteiger partial charge on any atom is 0.243 e. The average molecular weight is 407 g/mol. The Balaban J connectivity index is 1.46. The minimum atomic E-state index is -3.61. The van der Waals surface area contributed by atoms with E-state index in [0.717, 1.165) is 19.3 Å². The highest BCUT2D eigenvalue weighted by molar-refractivity contribution is 7.89. The number of anilines is 1. The number of sulfonamides is 1. The van der Waals surface area contributed by atoms with Crippen molar-refractivity contribution in [2.75, 3.05) is 31.6 Å². The van der Waals surface area contributed by atoms with Crippen LogP contribution in [0.25, 0.3) is 0 Å². The Morgan fingerprint density at radius 3 is 2.46 bits per heavy atom. The molecule has 8 heteroatoms. The van der Waals surface area contributed by atoms with Gasteiger partial charge in [0.25, 0.3) is 0 Å². The van der Waals surface area contributed by atoms with E-state index in [1.807, 2.05) is 0 Å². The van der Waals surface area contributed by atoms with E-state index in [-0.39, 0.29) is 28.6 Å². The highest BCUT2D eigenvalue weighted by atomic mass is 32.2. The monoisotopic (exact) mass is 406 g/mol. The van der Waals surface area contributed by atoms with E-state index in [1.54, 1.807) is 18.2 Å². The molecule has 0 spiro atoms. The van der Waals surface area contributed by atoms with Gasteiger partial charge >= 0.3 is 0 Å². The number of ether oxygens (including phenoxy) is 1. The van der Waals surface area contributed by atoms with Crippen molar-refractivity contribution in [3.63, 3.8) is 0 Å². The van der Waals surface area contributed by atoms with Gasteiger partial charge in [-0.05, 0) is 43.9 Å². The molecule has 0 radical (unpaired) electrons. The molecule has 1 N–H and O–H groups in total. The van der Waals surface area contributed by atoms with Crippen molar-refractivity contribution in [3.8, 4) is 0 Å². The predicted molar refractivity (Wildman–Crippen MR) is 103 cm³/mol. The van der Waals surface area contributed by atoms with Crippen LogP contribution in [-0.2, 0) is 24.3 Å². The summed E-state index contributed by atoms with van der Waals surface area (Å²) in [5, 5.41) is 2.87. The first-order valence-corrected chi connectivity index (χ1v) is 11.4. The molecule has 4 rings (SSSR count). The number of carbonyl (C=O) groups excluding carboxylic acids is 2. The summed E-state index contributed by atoms with van der Waals surface area (Å²) in [5.41, 5.74) is 0.474. The Kier molecular flexibility index (Phi) is 5.53. The van der Waals surface area contributed by atoms with E-state index in [2.05, 4.69) is 5.32 Å². The SMILES string of the molecule is O=C(Nc1cccc(S(=O)(=O)N2CCOCC2)c1)C1C[C@H]2CCC[C@H](C1)C2=O. The van der Waals surface area contributed by atoms with Crippen molar-refractivity contribution in [2.45, 2.75) is 37.0 Å². The number of hydrogen-bond acceptors (Lipinski definition) is 5. The van der Waals surface area contributed by atoms with E-state index < -0.39 is 10.0 Å². The fraction of sp³-hybridized carbons (Fsp3) is 0.600.